The molecule has 30 heavy (non-hydrogen) atoms. The van der Waals surface area contributed by atoms with Crippen molar-refractivity contribution < 1.29 is 13.9 Å². The lowest BCUT2D eigenvalue weighted by atomic mass is 10.3. The molecule has 9 heteroatoms. The van der Waals surface area contributed by atoms with Crippen molar-refractivity contribution in [3.63, 3.8) is 0 Å². The highest BCUT2D eigenvalue weighted by atomic mass is 35.5. The van der Waals surface area contributed by atoms with Gasteiger partial charge < -0.3 is 14.8 Å². The lowest BCUT2D eigenvalue weighted by Gasteiger charge is -2.22. The van der Waals surface area contributed by atoms with E-state index in [0.717, 1.165) is 12.4 Å². The van der Waals surface area contributed by atoms with Crippen LogP contribution >= 0.6 is 23.4 Å². The molecule has 2 heterocycles. The van der Waals surface area contributed by atoms with Crippen molar-refractivity contribution in [1.29, 1.82) is 0 Å². The van der Waals surface area contributed by atoms with Crippen molar-refractivity contribution in [2.24, 2.45) is 0 Å². The molecule has 1 aliphatic rings. The Balaban J connectivity index is 1.46. The number of halogens is 2. The standard InChI is InChI=1S/C21H19ClFN3O3S/c22-20-19(24-11-18-13-28-9-10-30-18)12-25-26(21(20)27)15-3-7-17(8-4-15)29-16-5-1-14(23)2-6-16/h1-8,12,18,24H,9-11,13H2/t18-/m0/s1. The predicted octanol–water partition coefficient (Wildman–Crippen LogP) is 4.36. The van der Waals surface area contributed by atoms with Crippen LogP contribution in [0.3, 0.4) is 0 Å². The lowest BCUT2D eigenvalue weighted by molar-refractivity contribution is 0.145. The molecular formula is C21H19ClFN3O3S. The van der Waals surface area contributed by atoms with Crippen LogP contribution in [0.4, 0.5) is 10.1 Å². The van der Waals surface area contributed by atoms with Crippen LogP contribution in [0, 0.1) is 5.82 Å². The van der Waals surface area contributed by atoms with Crippen molar-refractivity contribution in [3.8, 4) is 17.2 Å². The van der Waals surface area contributed by atoms with Gasteiger partial charge in [-0.2, -0.15) is 21.5 Å². The number of hydrogen-bond donors (Lipinski definition) is 1. The number of anilines is 1. The second-order valence-electron chi connectivity index (χ2n) is 6.59. The van der Waals surface area contributed by atoms with Crippen LogP contribution < -0.4 is 15.6 Å². The van der Waals surface area contributed by atoms with E-state index in [1.165, 1.54) is 16.8 Å². The van der Waals surface area contributed by atoms with Gasteiger partial charge in [-0.05, 0) is 48.5 Å². The van der Waals surface area contributed by atoms with Crippen molar-refractivity contribution >= 4 is 29.1 Å². The number of nitrogens with one attached hydrogen (secondary N) is 1. The molecule has 0 spiro atoms. The largest absolute Gasteiger partial charge is 0.457 e. The van der Waals surface area contributed by atoms with Gasteiger partial charge in [-0.1, -0.05) is 11.6 Å². The summed E-state index contributed by atoms with van der Waals surface area (Å²) in [5, 5.41) is 7.81. The Morgan fingerprint density at radius 2 is 1.90 bits per heavy atom. The lowest BCUT2D eigenvalue weighted by Crippen LogP contribution is -2.29. The number of ether oxygens (including phenoxy) is 2. The fourth-order valence-corrected chi connectivity index (χ4v) is 4.05. The number of thioether (sulfide) groups is 1. The van der Waals surface area contributed by atoms with Crippen molar-refractivity contribution in [2.45, 2.75) is 5.25 Å². The number of rotatable bonds is 6. The van der Waals surface area contributed by atoms with Gasteiger partial charge in [-0.25, -0.2) is 4.39 Å². The Morgan fingerprint density at radius 1 is 1.20 bits per heavy atom. The molecule has 1 saturated heterocycles. The SMILES string of the molecule is O=c1c(Cl)c(NC[C@H]2COCCS2)cnn1-c1ccc(Oc2ccc(F)cc2)cc1. The minimum absolute atomic E-state index is 0.0818. The van der Waals surface area contributed by atoms with Gasteiger partial charge in [0.1, 0.15) is 22.3 Å². The van der Waals surface area contributed by atoms with Gasteiger partial charge in [0.2, 0.25) is 0 Å². The maximum atomic E-state index is 13.0. The van der Waals surface area contributed by atoms with Crippen LogP contribution in [0.5, 0.6) is 11.5 Å². The summed E-state index contributed by atoms with van der Waals surface area (Å²) in [6, 6.07) is 12.5. The Hall–Kier alpha value is -2.55. The molecule has 4 rings (SSSR count). The first-order chi connectivity index (χ1) is 14.6. The second kappa shape index (κ2) is 9.51. The van der Waals surface area contributed by atoms with Crippen LogP contribution in [0.15, 0.2) is 59.5 Å². The quantitative estimate of drug-likeness (QED) is 0.605. The summed E-state index contributed by atoms with van der Waals surface area (Å²) in [5.74, 6) is 1.69. The summed E-state index contributed by atoms with van der Waals surface area (Å²) in [4.78, 5) is 12.7. The number of hydrogen-bond acceptors (Lipinski definition) is 6. The molecule has 156 valence electrons. The van der Waals surface area contributed by atoms with Crippen LogP contribution in [0.2, 0.25) is 5.02 Å². The molecule has 1 N–H and O–H groups in total. The maximum Gasteiger partial charge on any atom is 0.292 e. The van der Waals surface area contributed by atoms with Gasteiger partial charge in [0.05, 0.1) is 30.8 Å². The molecule has 3 aromatic rings. The van der Waals surface area contributed by atoms with E-state index in [4.69, 9.17) is 21.1 Å². The first-order valence-electron chi connectivity index (χ1n) is 9.35. The number of nitrogens with zero attached hydrogens (tertiary/aromatic N) is 2. The van der Waals surface area contributed by atoms with Gasteiger partial charge in [0.15, 0.2) is 0 Å². The minimum atomic E-state index is -0.415. The minimum Gasteiger partial charge on any atom is -0.457 e. The second-order valence-corrected chi connectivity index (χ2v) is 8.37. The highest BCUT2D eigenvalue weighted by Gasteiger charge is 2.16. The molecular weight excluding hydrogens is 429 g/mol. The van der Waals surface area contributed by atoms with Gasteiger partial charge in [0, 0.05) is 17.5 Å². The zero-order valence-corrected chi connectivity index (χ0v) is 17.5. The first kappa shape index (κ1) is 20.7. The van der Waals surface area contributed by atoms with E-state index in [1.807, 2.05) is 11.8 Å². The average Bonchev–Trinajstić information content (AvgIpc) is 2.78. The van der Waals surface area contributed by atoms with E-state index >= 15 is 0 Å². The van der Waals surface area contributed by atoms with Crippen LogP contribution in [0.25, 0.3) is 5.69 Å². The van der Waals surface area contributed by atoms with E-state index in [2.05, 4.69) is 10.4 Å². The van der Waals surface area contributed by atoms with E-state index in [9.17, 15) is 9.18 Å². The smallest absolute Gasteiger partial charge is 0.292 e. The molecule has 0 amide bonds. The maximum absolute atomic E-state index is 13.0. The molecule has 6 nitrogen and oxygen atoms in total. The molecule has 0 radical (unpaired) electrons. The summed E-state index contributed by atoms with van der Waals surface area (Å²) < 4.78 is 25.3. The van der Waals surface area contributed by atoms with Crippen LogP contribution in [0.1, 0.15) is 0 Å². The fraction of sp³-hybridized carbons (Fsp3) is 0.238. The van der Waals surface area contributed by atoms with Crippen molar-refractivity contribution in [1.82, 2.24) is 9.78 Å². The summed E-state index contributed by atoms with van der Waals surface area (Å²) in [6.45, 7) is 2.09. The molecule has 1 aliphatic heterocycles. The summed E-state index contributed by atoms with van der Waals surface area (Å²) in [5.41, 5.74) is 0.637. The van der Waals surface area contributed by atoms with Gasteiger partial charge >= 0.3 is 0 Å². The zero-order valence-electron chi connectivity index (χ0n) is 15.9. The molecule has 2 aromatic carbocycles. The van der Waals surface area contributed by atoms with Crippen LogP contribution in [-0.4, -0.2) is 40.5 Å². The Kier molecular flexibility index (Phi) is 6.56. The Labute approximate surface area is 182 Å². The van der Waals surface area contributed by atoms with Crippen molar-refractivity contribution in [3.05, 3.63) is 75.9 Å². The summed E-state index contributed by atoms with van der Waals surface area (Å²) in [6.07, 6.45) is 1.54. The van der Waals surface area contributed by atoms with E-state index in [-0.39, 0.29) is 10.8 Å². The monoisotopic (exact) mass is 447 g/mol. The highest BCUT2D eigenvalue weighted by molar-refractivity contribution is 8.00. The number of aromatic nitrogens is 2. The number of benzene rings is 2. The molecule has 0 bridgehead atoms. The van der Waals surface area contributed by atoms with E-state index in [0.29, 0.717) is 41.3 Å². The highest BCUT2D eigenvalue weighted by Crippen LogP contribution is 2.24. The Morgan fingerprint density at radius 3 is 2.57 bits per heavy atom. The van der Waals surface area contributed by atoms with Gasteiger partial charge in [0.25, 0.3) is 5.56 Å². The van der Waals surface area contributed by atoms with E-state index in [1.54, 1.807) is 42.6 Å². The van der Waals surface area contributed by atoms with Crippen molar-refractivity contribution in [2.75, 3.05) is 30.8 Å². The third kappa shape index (κ3) is 4.95. The third-order valence-corrected chi connectivity index (χ3v) is 6.00. The van der Waals surface area contributed by atoms with Gasteiger partial charge in [-0.15, -0.1) is 0 Å². The molecule has 1 aromatic heterocycles. The molecule has 0 unspecified atom stereocenters. The summed E-state index contributed by atoms with van der Waals surface area (Å²) >= 11 is 8.12. The molecule has 0 aliphatic carbocycles. The average molecular weight is 448 g/mol. The molecule has 0 saturated carbocycles. The van der Waals surface area contributed by atoms with Gasteiger partial charge in [-0.3, -0.25) is 4.79 Å². The summed E-state index contributed by atoms with van der Waals surface area (Å²) in [7, 11) is 0. The predicted molar refractivity (Wildman–Crippen MR) is 117 cm³/mol. The Bertz CT molecular complexity index is 1050. The third-order valence-electron chi connectivity index (χ3n) is 4.45. The first-order valence-corrected chi connectivity index (χ1v) is 10.8. The normalized spacial score (nSPS) is 16.3. The molecule has 1 fully saturated rings. The molecule has 1 atom stereocenters. The zero-order chi connectivity index (χ0) is 20.9. The van der Waals surface area contributed by atoms with Crippen LogP contribution in [-0.2, 0) is 4.74 Å². The van der Waals surface area contributed by atoms with E-state index < -0.39 is 5.56 Å². The topological polar surface area (TPSA) is 65.4 Å². The fourth-order valence-electron chi connectivity index (χ4n) is 2.91.